The summed E-state index contributed by atoms with van der Waals surface area (Å²) in [6, 6.07) is 10.6. The van der Waals surface area contributed by atoms with E-state index in [1.54, 1.807) is 37.4 Å². The second-order valence-electron chi connectivity index (χ2n) is 5.50. The van der Waals surface area contributed by atoms with Crippen molar-refractivity contribution in [3.63, 3.8) is 0 Å². The molecule has 0 atom stereocenters. The number of aromatic nitrogens is 1. The molecule has 0 saturated heterocycles. The lowest BCUT2D eigenvalue weighted by atomic mass is 9.98. The Balaban J connectivity index is 2.40. The van der Waals surface area contributed by atoms with Crippen LogP contribution >= 0.6 is 0 Å². The van der Waals surface area contributed by atoms with Crippen LogP contribution in [0.1, 0.15) is 48.5 Å². The maximum Gasteiger partial charge on any atom is 0.256 e. The normalized spacial score (nSPS) is 10.6. The summed E-state index contributed by atoms with van der Waals surface area (Å²) in [5, 5.41) is 0. The van der Waals surface area contributed by atoms with Gasteiger partial charge in [0.1, 0.15) is 0 Å². The van der Waals surface area contributed by atoms with Crippen molar-refractivity contribution >= 4 is 5.78 Å². The molecule has 0 spiro atoms. The first-order valence-corrected chi connectivity index (χ1v) is 8.48. The third kappa shape index (κ3) is 4.91. The van der Waals surface area contributed by atoms with Crippen LogP contribution in [0, 0.1) is 0 Å². The van der Waals surface area contributed by atoms with E-state index in [1.807, 2.05) is 26.0 Å². The van der Waals surface area contributed by atoms with Gasteiger partial charge in [0.25, 0.3) is 5.88 Å². The minimum Gasteiger partial charge on any atom is -0.361 e. The Labute approximate surface area is 153 Å². The predicted molar refractivity (Wildman–Crippen MR) is 98.7 cm³/mol. The highest BCUT2D eigenvalue weighted by molar-refractivity contribution is 6.11. The molecule has 26 heavy (non-hydrogen) atoms. The highest BCUT2D eigenvalue weighted by atomic mass is 16.7. The van der Waals surface area contributed by atoms with Gasteiger partial charge in [0.05, 0.1) is 5.56 Å². The minimum atomic E-state index is -0.611. The molecule has 1 aromatic heterocycles. The average Bonchev–Trinajstić information content (AvgIpc) is 2.66. The number of ether oxygens (including phenoxy) is 2. The number of ketones is 1. The summed E-state index contributed by atoms with van der Waals surface area (Å²) < 4.78 is 11.3. The Morgan fingerprint density at radius 1 is 1.12 bits per heavy atom. The number of benzene rings is 1. The topological polar surface area (TPSA) is 69.7 Å². The molecule has 0 unspecified atom stereocenters. The Morgan fingerprint density at radius 3 is 2.42 bits per heavy atom. The van der Waals surface area contributed by atoms with E-state index in [1.165, 1.54) is 0 Å². The first kappa shape index (κ1) is 19.6. The molecule has 6 heteroatoms. The van der Waals surface area contributed by atoms with Crippen molar-refractivity contribution in [1.29, 1.82) is 0 Å². The molecular weight excluding hydrogens is 332 g/mol. The van der Waals surface area contributed by atoms with E-state index in [0.717, 1.165) is 0 Å². The summed E-state index contributed by atoms with van der Waals surface area (Å²) in [6.07, 6.45) is 0.946. The Morgan fingerprint density at radius 2 is 1.77 bits per heavy atom. The molecule has 1 aromatic carbocycles. The first-order chi connectivity index (χ1) is 12.6. The lowest BCUT2D eigenvalue weighted by Crippen LogP contribution is -2.19. The Kier molecular flexibility index (Phi) is 7.32. The molecule has 6 nitrogen and oxygen atoms in total. The van der Waals surface area contributed by atoms with Gasteiger partial charge >= 0.3 is 0 Å². The molecule has 0 bridgehead atoms. The second kappa shape index (κ2) is 9.70. The fourth-order valence-electron chi connectivity index (χ4n) is 2.37. The maximum absolute atomic E-state index is 13.2. The highest BCUT2D eigenvalue weighted by Crippen LogP contribution is 2.27. The number of carbonyl (C=O) groups is 1. The van der Waals surface area contributed by atoms with E-state index in [0.29, 0.717) is 35.6 Å². The van der Waals surface area contributed by atoms with E-state index in [2.05, 4.69) is 17.0 Å². The van der Waals surface area contributed by atoms with Crippen LogP contribution in [0.2, 0.25) is 0 Å². The Hall–Kier alpha value is -2.70. The third-order valence-corrected chi connectivity index (χ3v) is 3.43. The summed E-state index contributed by atoms with van der Waals surface area (Å²) in [4.78, 5) is 22.7. The number of hydrogen-bond acceptors (Lipinski definition) is 6. The molecule has 0 saturated carbocycles. The van der Waals surface area contributed by atoms with Gasteiger partial charge in [-0.15, -0.1) is 0 Å². The molecule has 2 rings (SSSR count). The molecule has 0 aliphatic carbocycles. The van der Waals surface area contributed by atoms with Crippen LogP contribution in [0.15, 0.2) is 54.9 Å². The van der Waals surface area contributed by atoms with E-state index in [9.17, 15) is 4.79 Å². The molecule has 0 amide bonds. The number of rotatable bonds is 10. The lowest BCUT2D eigenvalue weighted by molar-refractivity contribution is -0.140. The molecular formula is C20H24N2O4. The summed E-state index contributed by atoms with van der Waals surface area (Å²) in [5.74, 6) is -0.0451. The predicted octanol–water partition coefficient (Wildman–Crippen LogP) is 3.80. The van der Waals surface area contributed by atoms with Crippen molar-refractivity contribution in [2.45, 2.75) is 27.1 Å². The SMILES string of the molecule is C=C(C)NOc1ncccc1C(=O)c1ccccc1C(OCC)OCC. The number of allylic oxidation sites excluding steroid dienone is 1. The van der Waals surface area contributed by atoms with Crippen LogP contribution in [-0.2, 0) is 9.47 Å². The van der Waals surface area contributed by atoms with Crippen LogP contribution in [0.3, 0.4) is 0 Å². The van der Waals surface area contributed by atoms with E-state index >= 15 is 0 Å². The molecule has 0 aliphatic heterocycles. The fraction of sp³-hybridized carbons (Fsp3) is 0.300. The number of hydrogen-bond donors (Lipinski definition) is 1. The van der Waals surface area contributed by atoms with E-state index in [-0.39, 0.29) is 11.7 Å². The van der Waals surface area contributed by atoms with Gasteiger partial charge in [0, 0.05) is 36.2 Å². The maximum atomic E-state index is 13.2. The second-order valence-corrected chi connectivity index (χ2v) is 5.50. The monoisotopic (exact) mass is 356 g/mol. The highest BCUT2D eigenvalue weighted by Gasteiger charge is 2.23. The first-order valence-electron chi connectivity index (χ1n) is 8.48. The van der Waals surface area contributed by atoms with Crippen molar-refractivity contribution in [3.05, 3.63) is 71.6 Å². The third-order valence-electron chi connectivity index (χ3n) is 3.43. The summed E-state index contributed by atoms with van der Waals surface area (Å²) in [5.41, 5.74) is 4.71. The van der Waals surface area contributed by atoms with Crippen LogP contribution in [-0.4, -0.2) is 24.0 Å². The van der Waals surface area contributed by atoms with Gasteiger partial charge in [0.15, 0.2) is 12.1 Å². The van der Waals surface area contributed by atoms with Gasteiger partial charge in [-0.3, -0.25) is 4.79 Å². The lowest BCUT2D eigenvalue weighted by Gasteiger charge is -2.20. The van der Waals surface area contributed by atoms with Gasteiger partial charge in [-0.2, -0.15) is 0 Å². The van der Waals surface area contributed by atoms with Crippen LogP contribution in [0.4, 0.5) is 0 Å². The largest absolute Gasteiger partial charge is 0.361 e. The standard InChI is InChI=1S/C20H24N2O4/c1-5-24-20(25-6-2)16-11-8-7-10-15(16)18(23)17-12-9-13-21-19(17)26-22-14(3)4/h7-13,20,22H,3,5-6H2,1-2,4H3. The van der Waals surface area contributed by atoms with Crippen molar-refractivity contribution in [2.75, 3.05) is 13.2 Å². The smallest absolute Gasteiger partial charge is 0.256 e. The van der Waals surface area contributed by atoms with Gasteiger partial charge < -0.3 is 14.3 Å². The number of carbonyl (C=O) groups excluding carboxylic acids is 1. The zero-order chi connectivity index (χ0) is 18.9. The fourth-order valence-corrected chi connectivity index (χ4v) is 2.37. The Bertz CT molecular complexity index is 755. The van der Waals surface area contributed by atoms with Gasteiger partial charge in [-0.05, 0) is 32.9 Å². The number of pyridine rings is 1. The molecule has 0 fully saturated rings. The molecule has 0 radical (unpaired) electrons. The van der Waals surface area contributed by atoms with Crippen molar-refractivity contribution in [1.82, 2.24) is 10.5 Å². The van der Waals surface area contributed by atoms with Crippen LogP contribution < -0.4 is 10.3 Å². The number of hydroxylamine groups is 1. The molecule has 0 aliphatic rings. The van der Waals surface area contributed by atoms with Crippen molar-refractivity contribution in [3.8, 4) is 5.88 Å². The van der Waals surface area contributed by atoms with Crippen molar-refractivity contribution < 1.29 is 19.1 Å². The van der Waals surface area contributed by atoms with Crippen LogP contribution in [0.5, 0.6) is 5.88 Å². The zero-order valence-corrected chi connectivity index (χ0v) is 15.3. The van der Waals surface area contributed by atoms with E-state index < -0.39 is 6.29 Å². The minimum absolute atomic E-state index is 0.180. The summed E-state index contributed by atoms with van der Waals surface area (Å²) >= 11 is 0. The number of nitrogens with zero attached hydrogens (tertiary/aromatic N) is 1. The van der Waals surface area contributed by atoms with Crippen molar-refractivity contribution in [2.24, 2.45) is 0 Å². The summed E-state index contributed by atoms with van der Waals surface area (Å²) in [6.45, 7) is 10.1. The molecule has 1 heterocycles. The van der Waals surface area contributed by atoms with Crippen LogP contribution in [0.25, 0.3) is 0 Å². The molecule has 138 valence electrons. The van der Waals surface area contributed by atoms with Gasteiger partial charge in [-0.1, -0.05) is 30.8 Å². The van der Waals surface area contributed by atoms with Gasteiger partial charge in [-0.25, -0.2) is 10.5 Å². The molecule has 1 N–H and O–H groups in total. The van der Waals surface area contributed by atoms with Gasteiger partial charge in [0.2, 0.25) is 0 Å². The zero-order valence-electron chi connectivity index (χ0n) is 15.3. The molecule has 2 aromatic rings. The van der Waals surface area contributed by atoms with E-state index in [4.69, 9.17) is 14.3 Å². The average molecular weight is 356 g/mol. The quantitative estimate of drug-likeness (QED) is 0.397. The number of nitrogens with one attached hydrogen (secondary N) is 1. The summed E-state index contributed by atoms with van der Waals surface area (Å²) in [7, 11) is 0.